The summed E-state index contributed by atoms with van der Waals surface area (Å²) in [5.74, 6) is 1.09. The second-order valence-corrected chi connectivity index (χ2v) is 4.81. The molecule has 0 aliphatic heterocycles. The summed E-state index contributed by atoms with van der Waals surface area (Å²) in [6.07, 6.45) is 5.10. The van der Waals surface area contributed by atoms with E-state index in [1.165, 1.54) is 0 Å². The summed E-state index contributed by atoms with van der Waals surface area (Å²) in [7, 11) is 1.58. The molecule has 0 bridgehead atoms. The maximum Gasteiger partial charge on any atom is 0.188 e. The predicted octanol–water partition coefficient (Wildman–Crippen LogP) is 2.77. The van der Waals surface area contributed by atoms with Crippen LogP contribution in [0.2, 0.25) is 0 Å². The van der Waals surface area contributed by atoms with Gasteiger partial charge in [-0.15, -0.1) is 0 Å². The lowest BCUT2D eigenvalue weighted by Crippen LogP contribution is -2.00. The third-order valence-electron chi connectivity index (χ3n) is 3.23. The van der Waals surface area contributed by atoms with Crippen molar-refractivity contribution in [2.45, 2.75) is 0 Å². The average Bonchev–Trinajstić information content (AvgIpc) is 2.62. The van der Waals surface area contributed by atoms with E-state index in [-0.39, 0.29) is 6.79 Å². The van der Waals surface area contributed by atoms with Crippen molar-refractivity contribution in [3.8, 4) is 28.3 Å². The van der Waals surface area contributed by atoms with Gasteiger partial charge in [0, 0.05) is 30.6 Å². The molecule has 3 aromatic rings. The standard InChI is InChI=1S/C17H16N4O2/c1-22-11-23-14-6-4-12(5-7-14)16-17(18)20-10-15(21-16)13-3-2-8-19-9-13/h2-10H,11H2,1H3,(H2,18,20). The van der Waals surface area contributed by atoms with Gasteiger partial charge in [0.15, 0.2) is 6.79 Å². The fourth-order valence-corrected chi connectivity index (χ4v) is 2.10. The van der Waals surface area contributed by atoms with Gasteiger partial charge in [0.1, 0.15) is 17.3 Å². The highest BCUT2D eigenvalue weighted by molar-refractivity contribution is 5.73. The lowest BCUT2D eigenvalue weighted by molar-refractivity contribution is 0.0511. The zero-order valence-corrected chi connectivity index (χ0v) is 12.6. The fraction of sp³-hybridized carbons (Fsp3) is 0.118. The summed E-state index contributed by atoms with van der Waals surface area (Å²) in [6.45, 7) is 0.206. The molecule has 3 rings (SSSR count). The highest BCUT2D eigenvalue weighted by Crippen LogP contribution is 2.27. The monoisotopic (exact) mass is 308 g/mol. The summed E-state index contributed by atoms with van der Waals surface area (Å²) >= 11 is 0. The van der Waals surface area contributed by atoms with E-state index in [1.54, 1.807) is 25.7 Å². The number of pyridine rings is 1. The second kappa shape index (κ2) is 6.85. The quantitative estimate of drug-likeness (QED) is 0.730. The van der Waals surface area contributed by atoms with Crippen molar-refractivity contribution < 1.29 is 9.47 Å². The molecule has 23 heavy (non-hydrogen) atoms. The van der Waals surface area contributed by atoms with Crippen LogP contribution >= 0.6 is 0 Å². The Balaban J connectivity index is 1.93. The number of nitrogens with two attached hydrogens (primary N) is 1. The summed E-state index contributed by atoms with van der Waals surface area (Å²) in [4.78, 5) is 13.0. The van der Waals surface area contributed by atoms with Crippen LogP contribution < -0.4 is 10.5 Å². The first-order valence-electron chi connectivity index (χ1n) is 7.03. The van der Waals surface area contributed by atoms with Crippen LogP contribution in [0.15, 0.2) is 55.0 Å². The Kier molecular flexibility index (Phi) is 4.44. The molecule has 2 heterocycles. The van der Waals surface area contributed by atoms with Crippen LogP contribution in [0.25, 0.3) is 22.5 Å². The third-order valence-corrected chi connectivity index (χ3v) is 3.23. The van der Waals surface area contributed by atoms with Gasteiger partial charge in [-0.1, -0.05) is 0 Å². The van der Waals surface area contributed by atoms with Crippen LogP contribution in [0.5, 0.6) is 5.75 Å². The van der Waals surface area contributed by atoms with Gasteiger partial charge in [-0.25, -0.2) is 9.97 Å². The Hall–Kier alpha value is -2.99. The molecule has 0 fully saturated rings. The van der Waals surface area contributed by atoms with Crippen molar-refractivity contribution >= 4 is 5.82 Å². The van der Waals surface area contributed by atoms with Gasteiger partial charge >= 0.3 is 0 Å². The summed E-state index contributed by atoms with van der Waals surface area (Å²) in [5.41, 5.74) is 9.09. The van der Waals surface area contributed by atoms with Crippen LogP contribution in [-0.4, -0.2) is 28.9 Å². The molecule has 2 aromatic heterocycles. The van der Waals surface area contributed by atoms with Crippen LogP contribution in [0, 0.1) is 0 Å². The van der Waals surface area contributed by atoms with E-state index in [0.717, 1.165) is 16.8 Å². The summed E-state index contributed by atoms with van der Waals surface area (Å²) < 4.78 is 10.2. The largest absolute Gasteiger partial charge is 0.468 e. The molecule has 6 heteroatoms. The highest BCUT2D eigenvalue weighted by atomic mass is 16.7. The van der Waals surface area contributed by atoms with Gasteiger partial charge < -0.3 is 15.2 Å². The number of nitrogen functional groups attached to an aromatic ring is 1. The fourth-order valence-electron chi connectivity index (χ4n) is 2.10. The van der Waals surface area contributed by atoms with E-state index >= 15 is 0 Å². The molecule has 0 atom stereocenters. The van der Waals surface area contributed by atoms with Gasteiger partial charge in [0.2, 0.25) is 0 Å². The first kappa shape index (κ1) is 14.9. The number of methoxy groups -OCH3 is 1. The molecule has 0 amide bonds. The Bertz CT molecular complexity index is 776. The normalized spacial score (nSPS) is 10.5. The van der Waals surface area contributed by atoms with Crippen molar-refractivity contribution in [1.82, 2.24) is 15.0 Å². The molecule has 2 N–H and O–H groups in total. The van der Waals surface area contributed by atoms with E-state index < -0.39 is 0 Å². The average molecular weight is 308 g/mol. The Labute approximate surface area is 134 Å². The highest BCUT2D eigenvalue weighted by Gasteiger charge is 2.09. The molecule has 116 valence electrons. The van der Waals surface area contributed by atoms with Crippen molar-refractivity contribution in [2.75, 3.05) is 19.6 Å². The number of ether oxygens (including phenoxy) is 2. The number of hydrogen-bond acceptors (Lipinski definition) is 6. The SMILES string of the molecule is COCOc1ccc(-c2nc(-c3cccnc3)cnc2N)cc1. The lowest BCUT2D eigenvalue weighted by atomic mass is 10.1. The molecule has 0 radical (unpaired) electrons. The van der Waals surface area contributed by atoms with Crippen LogP contribution in [0.1, 0.15) is 0 Å². The number of anilines is 1. The van der Waals surface area contributed by atoms with Gasteiger partial charge in [0.05, 0.1) is 11.9 Å². The number of rotatable bonds is 5. The van der Waals surface area contributed by atoms with Crippen LogP contribution in [0.3, 0.4) is 0 Å². The minimum absolute atomic E-state index is 0.206. The molecule has 0 aliphatic carbocycles. The first-order valence-corrected chi connectivity index (χ1v) is 7.03. The van der Waals surface area contributed by atoms with Crippen molar-refractivity contribution in [3.63, 3.8) is 0 Å². The van der Waals surface area contributed by atoms with Gasteiger partial charge in [0.25, 0.3) is 0 Å². The van der Waals surface area contributed by atoms with Crippen LogP contribution in [0.4, 0.5) is 5.82 Å². The molecule has 0 saturated carbocycles. The lowest BCUT2D eigenvalue weighted by Gasteiger charge is -2.09. The van der Waals surface area contributed by atoms with Gasteiger partial charge in [-0.2, -0.15) is 0 Å². The number of benzene rings is 1. The summed E-state index contributed by atoms with van der Waals surface area (Å²) in [5, 5.41) is 0. The van der Waals surface area contributed by atoms with E-state index in [9.17, 15) is 0 Å². The zero-order valence-electron chi connectivity index (χ0n) is 12.6. The predicted molar refractivity (Wildman–Crippen MR) is 87.6 cm³/mol. The van der Waals surface area contributed by atoms with E-state index in [2.05, 4.69) is 15.0 Å². The van der Waals surface area contributed by atoms with Crippen molar-refractivity contribution in [3.05, 3.63) is 55.0 Å². The Morgan fingerprint density at radius 3 is 2.57 bits per heavy atom. The number of nitrogens with zero attached hydrogens (tertiary/aromatic N) is 3. The molecular formula is C17H16N4O2. The minimum atomic E-state index is 0.206. The Morgan fingerprint density at radius 1 is 1.04 bits per heavy atom. The topological polar surface area (TPSA) is 83.2 Å². The van der Waals surface area contributed by atoms with Crippen molar-refractivity contribution in [2.24, 2.45) is 0 Å². The van der Waals surface area contributed by atoms with E-state index in [4.69, 9.17) is 15.2 Å². The van der Waals surface area contributed by atoms with Gasteiger partial charge in [-0.05, 0) is 36.4 Å². The molecule has 0 spiro atoms. The molecule has 0 unspecified atom stereocenters. The van der Waals surface area contributed by atoms with E-state index in [0.29, 0.717) is 17.3 Å². The number of hydrogen-bond donors (Lipinski definition) is 1. The molecule has 0 saturated heterocycles. The minimum Gasteiger partial charge on any atom is -0.468 e. The maximum absolute atomic E-state index is 5.98. The van der Waals surface area contributed by atoms with Crippen molar-refractivity contribution in [1.29, 1.82) is 0 Å². The van der Waals surface area contributed by atoms with E-state index in [1.807, 2.05) is 36.4 Å². The van der Waals surface area contributed by atoms with Gasteiger partial charge in [-0.3, -0.25) is 4.98 Å². The third kappa shape index (κ3) is 3.44. The Morgan fingerprint density at radius 2 is 1.87 bits per heavy atom. The number of aromatic nitrogens is 3. The molecule has 1 aromatic carbocycles. The molecule has 0 aliphatic rings. The maximum atomic E-state index is 5.98. The molecule has 6 nitrogen and oxygen atoms in total. The molecular weight excluding hydrogens is 292 g/mol. The second-order valence-electron chi connectivity index (χ2n) is 4.81. The smallest absolute Gasteiger partial charge is 0.188 e. The zero-order chi connectivity index (χ0) is 16.1. The first-order chi connectivity index (χ1) is 11.3. The summed E-state index contributed by atoms with van der Waals surface area (Å²) in [6, 6.07) is 11.2. The van der Waals surface area contributed by atoms with Crippen LogP contribution in [-0.2, 0) is 4.74 Å².